The number of unbranched alkanes of at least 4 members (excludes halogenated alkanes) is 4. The Labute approximate surface area is 231 Å². The number of benzene rings is 1. The molecule has 2 fully saturated rings. The number of amides is 5. The quantitative estimate of drug-likeness (QED) is 0.218. The predicted octanol–water partition coefficient (Wildman–Crippen LogP) is 2.38. The van der Waals surface area contributed by atoms with Crippen LogP contribution in [0.4, 0.5) is 5.69 Å². The van der Waals surface area contributed by atoms with Crippen molar-refractivity contribution in [3.05, 3.63) is 29.3 Å². The number of alkyl halides is 1. The molecule has 0 aliphatic carbocycles. The van der Waals surface area contributed by atoms with Crippen molar-refractivity contribution >= 4 is 51.2 Å². The standard InChI is InChI=1S/C27H36BrN5O5/c28-11-5-3-1-2-4-6-24(35)32-16-14-31(15-17-32)13-12-29-19-7-8-20-21(18-19)27(38)33(26(20)37)22-9-10-23(34)30-25(22)36/h7-8,18,22,29H,1-6,9-17H2,(H,30,34,36). The number of anilines is 1. The van der Waals surface area contributed by atoms with Crippen LogP contribution in [0.15, 0.2) is 18.2 Å². The van der Waals surface area contributed by atoms with Crippen molar-refractivity contribution in [3.63, 3.8) is 0 Å². The van der Waals surface area contributed by atoms with Crippen LogP contribution in [-0.2, 0) is 14.4 Å². The minimum atomic E-state index is -0.967. The van der Waals surface area contributed by atoms with E-state index in [0.717, 1.165) is 61.5 Å². The second-order valence-corrected chi connectivity index (χ2v) is 10.9. The fourth-order valence-corrected chi connectivity index (χ4v) is 5.62. The van der Waals surface area contributed by atoms with Gasteiger partial charge in [-0.3, -0.25) is 39.1 Å². The summed E-state index contributed by atoms with van der Waals surface area (Å²) < 4.78 is 0. The van der Waals surface area contributed by atoms with E-state index < -0.39 is 29.7 Å². The summed E-state index contributed by atoms with van der Waals surface area (Å²) >= 11 is 3.45. The Morgan fingerprint density at radius 2 is 1.66 bits per heavy atom. The molecule has 4 rings (SSSR count). The molecule has 3 aliphatic heterocycles. The number of imide groups is 2. The smallest absolute Gasteiger partial charge is 0.262 e. The molecule has 3 heterocycles. The maximum atomic E-state index is 13.0. The molecule has 0 aromatic heterocycles. The van der Waals surface area contributed by atoms with Crippen LogP contribution in [0.5, 0.6) is 0 Å². The van der Waals surface area contributed by atoms with Crippen LogP contribution in [0.3, 0.4) is 0 Å². The van der Waals surface area contributed by atoms with Gasteiger partial charge in [0.2, 0.25) is 17.7 Å². The lowest BCUT2D eigenvalue weighted by atomic mass is 10.0. The zero-order chi connectivity index (χ0) is 27.1. The van der Waals surface area contributed by atoms with Crippen molar-refractivity contribution in [1.82, 2.24) is 20.0 Å². The molecule has 0 spiro atoms. The summed E-state index contributed by atoms with van der Waals surface area (Å²) in [7, 11) is 0. The van der Waals surface area contributed by atoms with E-state index in [1.54, 1.807) is 18.2 Å². The van der Waals surface area contributed by atoms with Crippen LogP contribution >= 0.6 is 15.9 Å². The fraction of sp³-hybridized carbons (Fsp3) is 0.593. The lowest BCUT2D eigenvalue weighted by Crippen LogP contribution is -2.54. The molecule has 1 unspecified atom stereocenters. The van der Waals surface area contributed by atoms with Gasteiger partial charge in [0.25, 0.3) is 11.8 Å². The third-order valence-electron chi connectivity index (χ3n) is 7.45. The summed E-state index contributed by atoms with van der Waals surface area (Å²) in [4.78, 5) is 67.2. The van der Waals surface area contributed by atoms with Crippen molar-refractivity contribution < 1.29 is 24.0 Å². The van der Waals surface area contributed by atoms with Crippen LogP contribution in [0.1, 0.15) is 72.1 Å². The average Bonchev–Trinajstić information content (AvgIpc) is 3.15. The Morgan fingerprint density at radius 3 is 2.39 bits per heavy atom. The van der Waals surface area contributed by atoms with E-state index in [-0.39, 0.29) is 29.9 Å². The minimum absolute atomic E-state index is 0.0941. The van der Waals surface area contributed by atoms with Gasteiger partial charge in [0.05, 0.1) is 11.1 Å². The first-order valence-corrected chi connectivity index (χ1v) is 14.7. The summed E-state index contributed by atoms with van der Waals surface area (Å²) in [6, 6.07) is 4.05. The van der Waals surface area contributed by atoms with Gasteiger partial charge in [-0.2, -0.15) is 0 Å². The summed E-state index contributed by atoms with van der Waals surface area (Å²) in [5.41, 5.74) is 1.25. The fourth-order valence-electron chi connectivity index (χ4n) is 5.22. The average molecular weight is 591 g/mol. The van der Waals surface area contributed by atoms with Crippen molar-refractivity contribution in [3.8, 4) is 0 Å². The number of piperazine rings is 1. The molecule has 0 radical (unpaired) electrons. The Hall–Kier alpha value is -2.79. The van der Waals surface area contributed by atoms with Crippen LogP contribution in [-0.4, -0.2) is 94.9 Å². The molecule has 1 atom stereocenters. The van der Waals surface area contributed by atoms with Gasteiger partial charge in [0.15, 0.2) is 0 Å². The van der Waals surface area contributed by atoms with E-state index in [0.29, 0.717) is 13.0 Å². The van der Waals surface area contributed by atoms with Gasteiger partial charge in [-0.1, -0.05) is 35.2 Å². The molecule has 0 bridgehead atoms. The molecule has 2 N–H and O–H groups in total. The minimum Gasteiger partial charge on any atom is -0.384 e. The van der Waals surface area contributed by atoms with Crippen molar-refractivity contribution in [2.75, 3.05) is 49.9 Å². The number of nitrogens with one attached hydrogen (secondary N) is 2. The van der Waals surface area contributed by atoms with Gasteiger partial charge in [-0.05, 0) is 37.5 Å². The van der Waals surface area contributed by atoms with Crippen LogP contribution in [0.25, 0.3) is 0 Å². The first-order chi connectivity index (χ1) is 18.4. The molecule has 3 aliphatic rings. The monoisotopic (exact) mass is 589 g/mol. The highest BCUT2D eigenvalue weighted by atomic mass is 79.9. The van der Waals surface area contributed by atoms with E-state index in [9.17, 15) is 24.0 Å². The van der Waals surface area contributed by atoms with Crippen LogP contribution in [0.2, 0.25) is 0 Å². The van der Waals surface area contributed by atoms with E-state index in [4.69, 9.17) is 0 Å². The molecule has 5 amide bonds. The number of rotatable bonds is 12. The second kappa shape index (κ2) is 13.3. The van der Waals surface area contributed by atoms with Crippen LogP contribution < -0.4 is 10.6 Å². The molecule has 0 saturated carbocycles. The topological polar surface area (TPSA) is 119 Å². The third kappa shape index (κ3) is 6.79. The SMILES string of the molecule is O=C1CCC(N2C(=O)c3ccc(NCCN4CCN(C(=O)CCCCCCCBr)CC4)cc3C2=O)C(=O)N1. The Kier molecular flexibility index (Phi) is 9.90. The van der Waals surface area contributed by atoms with Gasteiger partial charge in [-0.15, -0.1) is 0 Å². The van der Waals surface area contributed by atoms with Gasteiger partial charge >= 0.3 is 0 Å². The number of piperidine rings is 1. The normalized spacial score (nSPS) is 20.1. The van der Waals surface area contributed by atoms with Crippen LogP contribution in [0, 0.1) is 0 Å². The number of nitrogens with zero attached hydrogens (tertiary/aromatic N) is 3. The first-order valence-electron chi connectivity index (χ1n) is 13.5. The number of fused-ring (bicyclic) bond motifs is 1. The van der Waals surface area contributed by atoms with Gasteiger partial charge in [-0.25, -0.2) is 0 Å². The van der Waals surface area contributed by atoms with Gasteiger partial charge in [0.1, 0.15) is 6.04 Å². The lowest BCUT2D eigenvalue weighted by Gasteiger charge is -2.35. The number of halogens is 1. The predicted molar refractivity (Wildman–Crippen MR) is 146 cm³/mol. The molecule has 10 nitrogen and oxygen atoms in total. The number of hydrogen-bond acceptors (Lipinski definition) is 7. The zero-order valence-electron chi connectivity index (χ0n) is 21.7. The molecule has 2 saturated heterocycles. The lowest BCUT2D eigenvalue weighted by molar-refractivity contribution is -0.136. The molecule has 206 valence electrons. The van der Waals surface area contributed by atoms with Crippen molar-refractivity contribution in [1.29, 1.82) is 0 Å². The highest BCUT2D eigenvalue weighted by molar-refractivity contribution is 9.09. The summed E-state index contributed by atoms with van der Waals surface area (Å²) in [6.07, 6.45) is 6.54. The Bertz CT molecular complexity index is 1070. The molecular weight excluding hydrogens is 554 g/mol. The van der Waals surface area contributed by atoms with Gasteiger partial charge in [0, 0.05) is 63.1 Å². The first kappa shape index (κ1) is 28.2. The van der Waals surface area contributed by atoms with Gasteiger partial charge < -0.3 is 10.2 Å². The largest absolute Gasteiger partial charge is 0.384 e. The second-order valence-electron chi connectivity index (χ2n) is 10.1. The van der Waals surface area contributed by atoms with E-state index >= 15 is 0 Å². The molecule has 1 aromatic rings. The summed E-state index contributed by atoms with van der Waals surface area (Å²) in [6.45, 7) is 4.59. The molecular formula is C27H36BrN5O5. The highest BCUT2D eigenvalue weighted by Gasteiger charge is 2.44. The molecule has 1 aromatic carbocycles. The number of carbonyl (C=O) groups is 5. The van der Waals surface area contributed by atoms with Crippen molar-refractivity contribution in [2.24, 2.45) is 0 Å². The highest BCUT2D eigenvalue weighted by Crippen LogP contribution is 2.29. The van der Waals surface area contributed by atoms with E-state index in [1.165, 1.54) is 19.3 Å². The Balaban J connectivity index is 1.19. The van der Waals surface area contributed by atoms with Crippen molar-refractivity contribution in [2.45, 2.75) is 57.4 Å². The third-order valence-corrected chi connectivity index (χ3v) is 8.01. The van der Waals surface area contributed by atoms with E-state index in [1.807, 2.05) is 4.90 Å². The summed E-state index contributed by atoms with van der Waals surface area (Å²) in [5, 5.41) is 6.57. The number of carbonyl (C=O) groups excluding carboxylic acids is 5. The van der Waals surface area contributed by atoms with E-state index in [2.05, 4.69) is 31.5 Å². The number of hydrogen-bond donors (Lipinski definition) is 2. The Morgan fingerprint density at radius 1 is 0.947 bits per heavy atom. The maximum absolute atomic E-state index is 13.0. The zero-order valence-corrected chi connectivity index (χ0v) is 23.3. The molecule has 38 heavy (non-hydrogen) atoms. The summed E-state index contributed by atoms with van der Waals surface area (Å²) in [5.74, 6) is -1.77. The maximum Gasteiger partial charge on any atom is 0.262 e. The molecule has 11 heteroatoms.